The number of aromatic nitrogens is 4. The largest absolute Gasteiger partial charge is 0.256 e. The molecule has 0 saturated heterocycles. The number of pyridine rings is 1. The molecule has 4 nitrogen and oxygen atoms in total. The molecule has 0 unspecified atom stereocenters. The summed E-state index contributed by atoms with van der Waals surface area (Å²) in [6.45, 7) is 0. The van der Waals surface area contributed by atoms with Crippen LogP contribution in [0.2, 0.25) is 0 Å². The average Bonchev–Trinajstić information content (AvgIpc) is 3.57. The van der Waals surface area contributed by atoms with Crippen molar-refractivity contribution in [3.63, 3.8) is 0 Å². The summed E-state index contributed by atoms with van der Waals surface area (Å²) < 4.78 is 1.26. The van der Waals surface area contributed by atoms with Crippen LogP contribution in [0.15, 0.2) is 158 Å². The van der Waals surface area contributed by atoms with E-state index in [9.17, 15) is 0 Å². The van der Waals surface area contributed by atoms with Gasteiger partial charge in [0.1, 0.15) is 0 Å². The Kier molecular flexibility index (Phi) is 6.98. The zero-order valence-electron chi connectivity index (χ0n) is 24.2. The van der Waals surface area contributed by atoms with Crippen molar-refractivity contribution in [3.05, 3.63) is 158 Å². The lowest BCUT2D eigenvalue weighted by Crippen LogP contribution is -2.00. The van der Waals surface area contributed by atoms with Gasteiger partial charge in [0.2, 0.25) is 0 Å². The first kappa shape index (κ1) is 26.8. The first-order valence-corrected chi connectivity index (χ1v) is 15.6. The highest BCUT2D eigenvalue weighted by atomic mass is 32.1. The topological polar surface area (TPSA) is 51.6 Å². The summed E-state index contributed by atoms with van der Waals surface area (Å²) in [5.41, 5.74) is 8.20. The smallest absolute Gasteiger partial charge is 0.164 e. The Labute approximate surface area is 265 Å². The standard InChI is InChI=1S/C40H26N4S/c1-3-11-29(12-4-1)38-42-39(30-13-5-2-6-14-30)44-40(43-38)34-24-32(27-18-20-28(21-19-27)35-16-9-10-22-41-35)23-33(25-34)37-26-31-15-7-8-17-36(31)45-37/h1-26H. The Morgan fingerprint density at radius 2 is 0.933 bits per heavy atom. The summed E-state index contributed by atoms with van der Waals surface area (Å²) in [5.74, 6) is 1.93. The third-order valence-corrected chi connectivity index (χ3v) is 8.94. The SMILES string of the molecule is c1ccc(-c2nc(-c3ccccc3)nc(-c3cc(-c4ccc(-c5ccccn5)cc4)cc(-c4cc5ccccc5s4)c3)n2)cc1. The Hall–Kier alpha value is -5.78. The van der Waals surface area contributed by atoms with E-state index < -0.39 is 0 Å². The Balaban J connectivity index is 1.31. The lowest BCUT2D eigenvalue weighted by Gasteiger charge is -2.12. The van der Waals surface area contributed by atoms with Gasteiger partial charge in [-0.3, -0.25) is 4.98 Å². The van der Waals surface area contributed by atoms with Gasteiger partial charge in [0.25, 0.3) is 0 Å². The lowest BCUT2D eigenvalue weighted by atomic mass is 9.97. The summed E-state index contributed by atoms with van der Waals surface area (Å²) in [7, 11) is 0. The summed E-state index contributed by atoms with van der Waals surface area (Å²) in [6.07, 6.45) is 1.83. The second-order valence-corrected chi connectivity index (χ2v) is 11.9. The van der Waals surface area contributed by atoms with Gasteiger partial charge < -0.3 is 0 Å². The molecule has 0 atom stereocenters. The zero-order chi connectivity index (χ0) is 30.0. The molecule has 3 aromatic heterocycles. The van der Waals surface area contributed by atoms with E-state index in [1.165, 1.54) is 15.0 Å². The van der Waals surface area contributed by atoms with E-state index in [-0.39, 0.29) is 0 Å². The number of nitrogens with zero attached hydrogens (tertiary/aromatic N) is 4. The summed E-state index contributed by atoms with van der Waals surface area (Å²) in [4.78, 5) is 20.7. The fraction of sp³-hybridized carbons (Fsp3) is 0. The minimum atomic E-state index is 0.636. The molecule has 0 spiro atoms. The number of benzene rings is 5. The van der Waals surface area contributed by atoms with Crippen LogP contribution in [0.3, 0.4) is 0 Å². The van der Waals surface area contributed by atoms with Crippen molar-refractivity contribution in [3.8, 4) is 67.0 Å². The molecule has 8 rings (SSSR count). The summed E-state index contributed by atoms with van der Waals surface area (Å²) in [6, 6.07) is 52.2. The summed E-state index contributed by atoms with van der Waals surface area (Å²) in [5, 5.41) is 1.24. The van der Waals surface area contributed by atoms with E-state index in [2.05, 4.69) is 77.8 Å². The molecule has 0 amide bonds. The van der Waals surface area contributed by atoms with Crippen molar-refractivity contribution in [1.29, 1.82) is 0 Å². The fourth-order valence-corrected chi connectivity index (χ4v) is 6.54. The Morgan fingerprint density at radius 3 is 1.58 bits per heavy atom. The van der Waals surface area contributed by atoms with E-state index >= 15 is 0 Å². The van der Waals surface area contributed by atoms with Gasteiger partial charge in [0.15, 0.2) is 17.5 Å². The maximum absolute atomic E-state index is 5.04. The quantitative estimate of drug-likeness (QED) is 0.192. The molecule has 0 N–H and O–H groups in total. The molecule has 212 valence electrons. The van der Waals surface area contributed by atoms with Crippen LogP contribution in [0.5, 0.6) is 0 Å². The lowest BCUT2D eigenvalue weighted by molar-refractivity contribution is 1.07. The monoisotopic (exact) mass is 594 g/mol. The third-order valence-electron chi connectivity index (χ3n) is 7.78. The first-order chi connectivity index (χ1) is 22.3. The van der Waals surface area contributed by atoms with Gasteiger partial charge in [-0.1, -0.05) is 109 Å². The van der Waals surface area contributed by atoms with Crippen LogP contribution in [0, 0.1) is 0 Å². The first-order valence-electron chi connectivity index (χ1n) is 14.8. The third kappa shape index (κ3) is 5.53. The minimum absolute atomic E-state index is 0.636. The van der Waals surface area contributed by atoms with Gasteiger partial charge in [-0.05, 0) is 64.5 Å². The van der Waals surface area contributed by atoms with Crippen LogP contribution in [-0.4, -0.2) is 19.9 Å². The Bertz CT molecular complexity index is 2150. The molecule has 5 heteroatoms. The van der Waals surface area contributed by atoms with E-state index in [4.69, 9.17) is 15.0 Å². The van der Waals surface area contributed by atoms with E-state index in [0.29, 0.717) is 17.5 Å². The molecule has 3 heterocycles. The molecule has 0 fully saturated rings. The highest BCUT2D eigenvalue weighted by Gasteiger charge is 2.16. The minimum Gasteiger partial charge on any atom is -0.256 e. The van der Waals surface area contributed by atoms with E-state index in [1.54, 1.807) is 11.3 Å². The molecule has 45 heavy (non-hydrogen) atoms. The van der Waals surface area contributed by atoms with Gasteiger partial charge in [-0.25, -0.2) is 15.0 Å². The van der Waals surface area contributed by atoms with Crippen LogP contribution in [0.1, 0.15) is 0 Å². The van der Waals surface area contributed by atoms with Crippen LogP contribution < -0.4 is 0 Å². The number of fused-ring (bicyclic) bond motifs is 1. The van der Waals surface area contributed by atoms with Gasteiger partial charge in [0, 0.05) is 38.0 Å². The zero-order valence-corrected chi connectivity index (χ0v) is 25.0. The maximum Gasteiger partial charge on any atom is 0.164 e. The van der Waals surface area contributed by atoms with Crippen LogP contribution >= 0.6 is 11.3 Å². The van der Waals surface area contributed by atoms with Crippen molar-refractivity contribution < 1.29 is 0 Å². The van der Waals surface area contributed by atoms with E-state index in [1.807, 2.05) is 85.1 Å². The van der Waals surface area contributed by atoms with Crippen molar-refractivity contribution in [1.82, 2.24) is 19.9 Å². The van der Waals surface area contributed by atoms with Gasteiger partial charge in [0.05, 0.1) is 5.69 Å². The number of thiophene rings is 1. The maximum atomic E-state index is 5.04. The average molecular weight is 595 g/mol. The highest BCUT2D eigenvalue weighted by molar-refractivity contribution is 7.22. The highest BCUT2D eigenvalue weighted by Crippen LogP contribution is 2.38. The fourth-order valence-electron chi connectivity index (χ4n) is 5.49. The normalized spacial score (nSPS) is 11.1. The van der Waals surface area contributed by atoms with Crippen LogP contribution in [-0.2, 0) is 0 Å². The van der Waals surface area contributed by atoms with Gasteiger partial charge >= 0.3 is 0 Å². The molecule has 8 aromatic rings. The van der Waals surface area contributed by atoms with E-state index in [0.717, 1.165) is 44.6 Å². The summed E-state index contributed by atoms with van der Waals surface area (Å²) >= 11 is 1.80. The Morgan fingerprint density at radius 1 is 0.378 bits per heavy atom. The molecule has 0 aliphatic heterocycles. The molecule has 0 radical (unpaired) electrons. The van der Waals surface area contributed by atoms with Gasteiger partial charge in [-0.15, -0.1) is 11.3 Å². The molecular weight excluding hydrogens is 569 g/mol. The number of hydrogen-bond acceptors (Lipinski definition) is 5. The molecular formula is C40H26N4S. The predicted octanol–water partition coefficient (Wildman–Crippen LogP) is 10.5. The number of hydrogen-bond donors (Lipinski definition) is 0. The second kappa shape index (κ2) is 11.7. The van der Waals surface area contributed by atoms with Gasteiger partial charge in [-0.2, -0.15) is 0 Å². The van der Waals surface area contributed by atoms with Crippen molar-refractivity contribution in [2.24, 2.45) is 0 Å². The second-order valence-electron chi connectivity index (χ2n) is 10.8. The predicted molar refractivity (Wildman–Crippen MR) is 186 cm³/mol. The number of rotatable bonds is 6. The molecule has 0 aliphatic carbocycles. The van der Waals surface area contributed by atoms with Crippen LogP contribution in [0.25, 0.3) is 77.1 Å². The molecule has 0 saturated carbocycles. The van der Waals surface area contributed by atoms with Crippen molar-refractivity contribution >= 4 is 21.4 Å². The van der Waals surface area contributed by atoms with Crippen molar-refractivity contribution in [2.75, 3.05) is 0 Å². The van der Waals surface area contributed by atoms with Crippen LogP contribution in [0.4, 0.5) is 0 Å². The molecule has 0 bridgehead atoms. The van der Waals surface area contributed by atoms with Crippen molar-refractivity contribution in [2.45, 2.75) is 0 Å². The molecule has 5 aromatic carbocycles. The molecule has 0 aliphatic rings.